The molecule has 0 heterocycles. The van der Waals surface area contributed by atoms with Gasteiger partial charge in [-0.1, -0.05) is 30.3 Å². The van der Waals surface area contributed by atoms with Crippen LogP contribution < -0.4 is 10.1 Å². The maximum Gasteiger partial charge on any atom is 0.244 e. The molecule has 0 atom stereocenters. The Morgan fingerprint density at radius 1 is 1.17 bits per heavy atom. The van der Waals surface area contributed by atoms with E-state index in [1.807, 2.05) is 31.2 Å². The lowest BCUT2D eigenvalue weighted by molar-refractivity contribution is -0.116. The van der Waals surface area contributed by atoms with Crippen molar-refractivity contribution in [3.63, 3.8) is 0 Å². The summed E-state index contributed by atoms with van der Waals surface area (Å²) in [5.41, 5.74) is 1.85. The Bertz CT molecular complexity index is 665. The molecule has 2 aromatic rings. The van der Waals surface area contributed by atoms with E-state index in [9.17, 15) is 9.18 Å². The molecule has 0 aliphatic heterocycles. The highest BCUT2D eigenvalue weighted by atomic mass is 19.1. The number of carbonyl (C=O) groups is 1. The summed E-state index contributed by atoms with van der Waals surface area (Å²) in [7, 11) is 0. The second-order valence-corrected chi connectivity index (χ2v) is 4.97. The van der Waals surface area contributed by atoms with Gasteiger partial charge in [0.05, 0.1) is 6.61 Å². The number of carbonyl (C=O) groups excluding carboxylic acids is 1. The number of halogens is 1. The fraction of sp³-hybridized carbons (Fsp3) is 0.211. The van der Waals surface area contributed by atoms with E-state index >= 15 is 0 Å². The summed E-state index contributed by atoms with van der Waals surface area (Å²) in [4.78, 5) is 11.8. The smallest absolute Gasteiger partial charge is 0.244 e. The maximum atomic E-state index is 12.8. The number of hydrogen-bond donors (Lipinski definition) is 1. The lowest BCUT2D eigenvalue weighted by atomic mass is 10.1. The second kappa shape index (κ2) is 8.73. The molecule has 0 aliphatic carbocycles. The molecule has 0 saturated heterocycles. The van der Waals surface area contributed by atoms with E-state index in [0.717, 1.165) is 16.9 Å². The minimum Gasteiger partial charge on any atom is -0.493 e. The SMILES string of the molecule is CCOc1ccccc1/C=C/C(=O)NCCc1ccc(F)cc1. The lowest BCUT2D eigenvalue weighted by Gasteiger charge is -2.06. The third-order valence-electron chi connectivity index (χ3n) is 3.26. The van der Waals surface area contributed by atoms with Gasteiger partial charge in [-0.25, -0.2) is 4.39 Å². The van der Waals surface area contributed by atoms with Crippen LogP contribution in [0.3, 0.4) is 0 Å². The minimum atomic E-state index is -0.256. The zero-order valence-corrected chi connectivity index (χ0v) is 13.1. The van der Waals surface area contributed by atoms with Crippen molar-refractivity contribution in [2.24, 2.45) is 0 Å². The molecule has 3 nitrogen and oxygen atoms in total. The number of hydrogen-bond acceptors (Lipinski definition) is 2. The van der Waals surface area contributed by atoms with Crippen molar-refractivity contribution in [1.82, 2.24) is 5.32 Å². The van der Waals surface area contributed by atoms with Crippen molar-refractivity contribution in [2.75, 3.05) is 13.2 Å². The van der Waals surface area contributed by atoms with Crippen molar-refractivity contribution in [3.05, 3.63) is 71.6 Å². The molecule has 1 amide bonds. The number of benzene rings is 2. The van der Waals surface area contributed by atoms with Gasteiger partial charge in [-0.3, -0.25) is 4.79 Å². The van der Waals surface area contributed by atoms with E-state index in [1.54, 1.807) is 18.2 Å². The van der Waals surface area contributed by atoms with E-state index < -0.39 is 0 Å². The molecule has 120 valence electrons. The van der Waals surface area contributed by atoms with Crippen molar-refractivity contribution in [3.8, 4) is 5.75 Å². The highest BCUT2D eigenvalue weighted by Crippen LogP contribution is 2.19. The predicted molar refractivity (Wildman–Crippen MR) is 89.8 cm³/mol. The van der Waals surface area contributed by atoms with Crippen LogP contribution >= 0.6 is 0 Å². The van der Waals surface area contributed by atoms with Crippen LogP contribution in [-0.2, 0) is 11.2 Å². The fourth-order valence-corrected chi connectivity index (χ4v) is 2.11. The van der Waals surface area contributed by atoms with E-state index in [2.05, 4.69) is 5.32 Å². The zero-order chi connectivity index (χ0) is 16.5. The normalized spacial score (nSPS) is 10.7. The average molecular weight is 313 g/mol. The summed E-state index contributed by atoms with van der Waals surface area (Å²) in [5.74, 6) is 0.331. The molecule has 0 spiro atoms. The van der Waals surface area contributed by atoms with Crippen molar-refractivity contribution in [1.29, 1.82) is 0 Å². The summed E-state index contributed by atoms with van der Waals surface area (Å²) in [6.45, 7) is 3.00. The molecule has 0 unspecified atom stereocenters. The second-order valence-electron chi connectivity index (χ2n) is 4.97. The van der Waals surface area contributed by atoms with Gasteiger partial charge in [0.1, 0.15) is 11.6 Å². The molecular formula is C19H20FNO2. The summed E-state index contributed by atoms with van der Waals surface area (Å²) in [5, 5.41) is 2.81. The molecule has 2 rings (SSSR count). The zero-order valence-electron chi connectivity index (χ0n) is 13.1. The molecular weight excluding hydrogens is 293 g/mol. The van der Waals surface area contributed by atoms with Gasteiger partial charge in [0.25, 0.3) is 0 Å². The minimum absolute atomic E-state index is 0.168. The van der Waals surface area contributed by atoms with Gasteiger partial charge in [0.2, 0.25) is 5.91 Å². The summed E-state index contributed by atoms with van der Waals surface area (Å²) in [6, 6.07) is 13.8. The number of ether oxygens (including phenoxy) is 1. The first-order valence-corrected chi connectivity index (χ1v) is 7.61. The van der Waals surface area contributed by atoms with E-state index in [-0.39, 0.29) is 11.7 Å². The van der Waals surface area contributed by atoms with E-state index in [0.29, 0.717) is 19.6 Å². The Balaban J connectivity index is 1.83. The Morgan fingerprint density at radius 3 is 2.65 bits per heavy atom. The van der Waals surface area contributed by atoms with Crippen molar-refractivity contribution >= 4 is 12.0 Å². The first-order chi connectivity index (χ1) is 11.2. The molecule has 4 heteroatoms. The quantitative estimate of drug-likeness (QED) is 0.793. The Morgan fingerprint density at radius 2 is 1.91 bits per heavy atom. The molecule has 23 heavy (non-hydrogen) atoms. The molecule has 0 aliphatic rings. The number of rotatable bonds is 7. The molecule has 0 aromatic heterocycles. The molecule has 0 saturated carbocycles. The highest BCUT2D eigenvalue weighted by Gasteiger charge is 2.00. The Hall–Kier alpha value is -2.62. The van der Waals surface area contributed by atoms with Gasteiger partial charge in [-0.2, -0.15) is 0 Å². The topological polar surface area (TPSA) is 38.3 Å². The van der Waals surface area contributed by atoms with E-state index in [4.69, 9.17) is 4.74 Å². The first kappa shape index (κ1) is 16.7. The van der Waals surface area contributed by atoms with Crippen LogP contribution in [0.4, 0.5) is 4.39 Å². The van der Waals surface area contributed by atoms with Crippen molar-refractivity contribution < 1.29 is 13.9 Å². The molecule has 0 fully saturated rings. The van der Waals surface area contributed by atoms with Crippen LogP contribution in [0, 0.1) is 5.82 Å². The van der Waals surface area contributed by atoms with Crippen LogP contribution in [0.5, 0.6) is 5.75 Å². The summed E-state index contributed by atoms with van der Waals surface area (Å²) >= 11 is 0. The Kier molecular flexibility index (Phi) is 6.36. The van der Waals surface area contributed by atoms with Crippen LogP contribution in [0.2, 0.25) is 0 Å². The van der Waals surface area contributed by atoms with Crippen LogP contribution in [0.1, 0.15) is 18.1 Å². The standard InChI is InChI=1S/C19H20FNO2/c1-2-23-18-6-4-3-5-16(18)9-12-19(22)21-14-13-15-7-10-17(20)11-8-15/h3-12H,2,13-14H2,1H3,(H,21,22)/b12-9+. The van der Waals surface area contributed by atoms with Gasteiger partial charge in [-0.05, 0) is 43.2 Å². The maximum absolute atomic E-state index is 12.8. The molecule has 1 N–H and O–H groups in total. The summed E-state index contributed by atoms with van der Waals surface area (Å²) in [6.07, 6.45) is 3.89. The average Bonchev–Trinajstić information content (AvgIpc) is 2.56. The third-order valence-corrected chi connectivity index (χ3v) is 3.26. The number of para-hydroxylation sites is 1. The molecule has 0 radical (unpaired) electrons. The summed E-state index contributed by atoms with van der Waals surface area (Å²) < 4.78 is 18.3. The third kappa shape index (κ3) is 5.58. The van der Waals surface area contributed by atoms with Gasteiger partial charge in [0, 0.05) is 18.2 Å². The number of amides is 1. The van der Waals surface area contributed by atoms with Gasteiger partial charge < -0.3 is 10.1 Å². The highest BCUT2D eigenvalue weighted by molar-refractivity contribution is 5.92. The number of nitrogens with one attached hydrogen (secondary N) is 1. The van der Waals surface area contributed by atoms with Gasteiger partial charge >= 0.3 is 0 Å². The molecule has 0 bridgehead atoms. The van der Waals surface area contributed by atoms with Crippen molar-refractivity contribution in [2.45, 2.75) is 13.3 Å². The first-order valence-electron chi connectivity index (χ1n) is 7.61. The van der Waals surface area contributed by atoms with E-state index in [1.165, 1.54) is 18.2 Å². The largest absolute Gasteiger partial charge is 0.493 e. The lowest BCUT2D eigenvalue weighted by Crippen LogP contribution is -2.23. The van der Waals surface area contributed by atoms with Gasteiger partial charge in [0.15, 0.2) is 0 Å². The Labute approximate surface area is 135 Å². The predicted octanol–water partition coefficient (Wildman–Crippen LogP) is 3.60. The van der Waals surface area contributed by atoms with Gasteiger partial charge in [-0.15, -0.1) is 0 Å². The van der Waals surface area contributed by atoms with Crippen LogP contribution in [0.25, 0.3) is 6.08 Å². The van der Waals surface area contributed by atoms with Crippen LogP contribution in [0.15, 0.2) is 54.6 Å². The van der Waals surface area contributed by atoms with Crippen LogP contribution in [-0.4, -0.2) is 19.1 Å². The monoisotopic (exact) mass is 313 g/mol. The molecule has 2 aromatic carbocycles. The fourth-order valence-electron chi connectivity index (χ4n) is 2.11.